The van der Waals surface area contributed by atoms with Crippen molar-refractivity contribution in [2.45, 2.75) is 290 Å². The molecule has 3 atom stereocenters. The average molecular weight is 1090 g/mol. The van der Waals surface area contributed by atoms with Gasteiger partial charge >= 0.3 is 25.7 Å². The fourth-order valence-electron chi connectivity index (χ4n) is 8.40. The Morgan fingerprint density at radius 2 is 0.684 bits per heavy atom. The summed E-state index contributed by atoms with van der Waals surface area (Å²) in [5.74, 6) is -1.49. The smallest absolute Gasteiger partial charge is 0.462 e. The molecule has 76 heavy (non-hydrogen) atoms. The van der Waals surface area contributed by atoms with Gasteiger partial charge in [-0.25, -0.2) is 4.57 Å². The number of phosphoric acid groups is 1. The third kappa shape index (κ3) is 55.7. The van der Waals surface area contributed by atoms with Gasteiger partial charge in [-0.15, -0.1) is 0 Å². The zero-order valence-corrected chi connectivity index (χ0v) is 49.6. The van der Waals surface area contributed by atoms with E-state index in [9.17, 15) is 28.9 Å². The first-order valence-electron chi connectivity index (χ1n) is 30.8. The van der Waals surface area contributed by atoms with Crippen LogP contribution in [0.15, 0.2) is 72.9 Å². The van der Waals surface area contributed by atoms with Crippen molar-refractivity contribution in [3.63, 3.8) is 0 Å². The number of unbranched alkanes of at least 4 members (excludes halogenated alkanes) is 28. The Hall–Kier alpha value is -3.08. The second-order valence-corrected chi connectivity index (χ2v) is 21.9. The molecule has 0 aliphatic carbocycles. The molecule has 0 saturated heterocycles. The van der Waals surface area contributed by atoms with Crippen molar-refractivity contribution in [3.05, 3.63) is 72.9 Å². The summed E-state index contributed by atoms with van der Waals surface area (Å²) < 4.78 is 39.6. The number of ether oxygens (including phenoxy) is 3. The summed E-state index contributed by atoms with van der Waals surface area (Å²) in [6, 6.07) is 0. The lowest BCUT2D eigenvalue weighted by Crippen LogP contribution is -2.30. The minimum atomic E-state index is -4.76. The minimum absolute atomic E-state index is 0.155. The van der Waals surface area contributed by atoms with Crippen molar-refractivity contribution in [1.29, 1.82) is 0 Å². The molecule has 2 N–H and O–H groups in total. The van der Waals surface area contributed by atoms with Gasteiger partial charge in [0.15, 0.2) is 6.10 Å². The number of rotatable bonds is 57. The van der Waals surface area contributed by atoms with Gasteiger partial charge in [0.2, 0.25) is 0 Å². The molecule has 12 heteroatoms. The Balaban J connectivity index is 4.73. The van der Waals surface area contributed by atoms with E-state index in [1.165, 1.54) is 103 Å². The van der Waals surface area contributed by atoms with Gasteiger partial charge in [-0.3, -0.25) is 23.4 Å². The second-order valence-electron chi connectivity index (χ2n) is 20.5. The van der Waals surface area contributed by atoms with Crippen molar-refractivity contribution >= 4 is 25.7 Å². The number of hydrogen-bond donors (Lipinski definition) is 2. The summed E-state index contributed by atoms with van der Waals surface area (Å²) in [4.78, 5) is 48.7. The van der Waals surface area contributed by atoms with Gasteiger partial charge in [-0.1, -0.05) is 222 Å². The lowest BCUT2D eigenvalue weighted by Gasteiger charge is -2.21. The van der Waals surface area contributed by atoms with Crippen LogP contribution in [0.4, 0.5) is 0 Å². The average Bonchev–Trinajstić information content (AvgIpc) is 3.41. The van der Waals surface area contributed by atoms with E-state index in [4.69, 9.17) is 23.3 Å². The molecule has 0 saturated carbocycles. The largest absolute Gasteiger partial charge is 0.472 e. The van der Waals surface area contributed by atoms with Gasteiger partial charge in [0.05, 0.1) is 19.8 Å². The third-order valence-electron chi connectivity index (χ3n) is 13.1. The van der Waals surface area contributed by atoms with Crippen molar-refractivity contribution in [2.24, 2.45) is 0 Å². The molecule has 0 spiro atoms. The molecule has 0 radical (unpaired) electrons. The molecule has 11 nitrogen and oxygen atoms in total. The van der Waals surface area contributed by atoms with Crippen molar-refractivity contribution in [3.8, 4) is 0 Å². The van der Waals surface area contributed by atoms with Crippen LogP contribution in [-0.4, -0.2) is 66.5 Å². The molecule has 0 rings (SSSR count). The summed E-state index contributed by atoms with van der Waals surface area (Å²) in [5, 5.41) is 9.83. The first kappa shape index (κ1) is 72.9. The molecule has 440 valence electrons. The highest BCUT2D eigenvalue weighted by atomic mass is 31.2. The van der Waals surface area contributed by atoms with E-state index in [1.807, 2.05) is 0 Å². The highest BCUT2D eigenvalue weighted by molar-refractivity contribution is 7.47. The van der Waals surface area contributed by atoms with Crippen molar-refractivity contribution in [2.75, 3.05) is 26.4 Å². The molecule has 0 aromatic rings. The third-order valence-corrected chi connectivity index (χ3v) is 14.0. The summed E-state index contributed by atoms with van der Waals surface area (Å²) >= 11 is 0. The number of phosphoric ester groups is 1. The van der Waals surface area contributed by atoms with Crippen LogP contribution in [0.25, 0.3) is 0 Å². The van der Waals surface area contributed by atoms with Crippen LogP contribution in [0.1, 0.15) is 278 Å². The van der Waals surface area contributed by atoms with Gasteiger partial charge in [0, 0.05) is 19.3 Å². The molecule has 0 fully saturated rings. The fourth-order valence-corrected chi connectivity index (χ4v) is 9.18. The van der Waals surface area contributed by atoms with Crippen LogP contribution < -0.4 is 0 Å². The number of hydrogen-bond acceptors (Lipinski definition) is 10. The van der Waals surface area contributed by atoms with E-state index in [2.05, 4.69) is 93.7 Å². The molecule has 0 amide bonds. The second kappa shape index (κ2) is 58.1. The zero-order chi connectivity index (χ0) is 55.5. The molecule has 0 aliphatic heterocycles. The van der Waals surface area contributed by atoms with Gasteiger partial charge in [0.1, 0.15) is 12.7 Å². The molecule has 0 bridgehead atoms. The first-order valence-corrected chi connectivity index (χ1v) is 32.3. The van der Waals surface area contributed by atoms with E-state index in [-0.39, 0.29) is 25.9 Å². The van der Waals surface area contributed by atoms with Gasteiger partial charge < -0.3 is 24.2 Å². The monoisotopic (exact) mass is 1090 g/mol. The number of carbonyl (C=O) groups is 3. The maximum atomic E-state index is 12.9. The highest BCUT2D eigenvalue weighted by Crippen LogP contribution is 2.43. The van der Waals surface area contributed by atoms with Crippen molar-refractivity contribution in [1.82, 2.24) is 0 Å². The van der Waals surface area contributed by atoms with Crippen LogP contribution >= 0.6 is 7.82 Å². The Labute approximate surface area is 465 Å². The lowest BCUT2D eigenvalue weighted by atomic mass is 10.1. The van der Waals surface area contributed by atoms with Gasteiger partial charge in [-0.05, 0) is 109 Å². The molecular formula is C64H113O11P. The first-order chi connectivity index (χ1) is 37.2. The van der Waals surface area contributed by atoms with Crippen LogP contribution in [0.5, 0.6) is 0 Å². The highest BCUT2D eigenvalue weighted by Gasteiger charge is 2.28. The molecule has 0 aromatic heterocycles. The predicted molar refractivity (Wildman–Crippen MR) is 316 cm³/mol. The maximum Gasteiger partial charge on any atom is 0.472 e. The minimum Gasteiger partial charge on any atom is -0.462 e. The number of aliphatic hydroxyl groups is 1. The Kier molecular flexibility index (Phi) is 55.7. The fraction of sp³-hybridized carbons (Fsp3) is 0.766. The number of carbonyl (C=O) groups excluding carboxylic acids is 3. The Morgan fingerprint density at radius 1 is 0.382 bits per heavy atom. The van der Waals surface area contributed by atoms with E-state index in [0.717, 1.165) is 116 Å². The molecular weight excluding hydrogens is 976 g/mol. The van der Waals surface area contributed by atoms with E-state index >= 15 is 0 Å². The molecule has 0 aromatic carbocycles. The predicted octanol–water partition coefficient (Wildman–Crippen LogP) is 18.5. The van der Waals surface area contributed by atoms with Crippen LogP contribution in [-0.2, 0) is 42.2 Å². The van der Waals surface area contributed by atoms with Crippen molar-refractivity contribution < 1.29 is 52.2 Å². The number of allylic oxidation sites excluding steroid dienone is 12. The quantitative estimate of drug-likeness (QED) is 0.0197. The summed E-state index contributed by atoms with van der Waals surface area (Å²) in [6.45, 7) is 4.49. The topological polar surface area (TPSA) is 155 Å². The summed E-state index contributed by atoms with van der Waals surface area (Å²) in [7, 11) is -4.76. The van der Waals surface area contributed by atoms with E-state index in [1.54, 1.807) is 0 Å². The van der Waals surface area contributed by atoms with Crippen LogP contribution in [0.2, 0.25) is 0 Å². The lowest BCUT2D eigenvalue weighted by molar-refractivity contribution is -0.161. The standard InChI is InChI=1S/C64H113O11P/c1-4-7-10-13-16-19-22-25-28-29-30-31-34-37-40-43-46-49-52-55-64(68)75-61(57-71-62(66)53-50-47-44-41-38-35-32-26-23-20-17-14-11-8-5-2)59-73-76(69,70)72-58-60(56-65)74-63(67)54-51-48-45-42-39-36-33-27-24-21-18-15-12-9-6-3/h9,12,17-18,20-21,25-28,32-33,60-61,65H,4-8,10-11,13-16,19,22-24,29-31,34-59H2,1-3H3,(H,69,70)/b12-9-,20-17-,21-18-,28-25-,32-26-,33-27-. The SMILES string of the molecule is CC/C=C\C/C=C\C/C=C\CCCCCCCC(=O)OC(CO)COP(=O)(O)OCC(COC(=O)CCCCCCC/C=C\C/C=C\CCCCC)OC(=O)CCCCCCCCCCC/C=C\CCCCCCCC. The van der Waals surface area contributed by atoms with E-state index < -0.39 is 57.8 Å². The molecule has 0 heterocycles. The van der Waals surface area contributed by atoms with Crippen LogP contribution in [0.3, 0.4) is 0 Å². The van der Waals surface area contributed by atoms with Gasteiger partial charge in [-0.2, -0.15) is 0 Å². The zero-order valence-electron chi connectivity index (χ0n) is 48.7. The Morgan fingerprint density at radius 3 is 1.09 bits per heavy atom. The van der Waals surface area contributed by atoms with Gasteiger partial charge in [0.25, 0.3) is 0 Å². The number of aliphatic hydroxyl groups excluding tert-OH is 1. The molecule has 3 unspecified atom stereocenters. The Bertz CT molecular complexity index is 1550. The maximum absolute atomic E-state index is 12.9. The number of esters is 3. The summed E-state index contributed by atoms with van der Waals surface area (Å²) in [6.07, 6.45) is 65.7. The molecule has 0 aliphatic rings. The normalized spacial score (nSPS) is 13.8. The van der Waals surface area contributed by atoms with Crippen LogP contribution in [0, 0.1) is 0 Å². The summed E-state index contributed by atoms with van der Waals surface area (Å²) in [5.41, 5.74) is 0. The van der Waals surface area contributed by atoms with E-state index in [0.29, 0.717) is 19.3 Å².